The number of azide groups is 1. The second-order valence-corrected chi connectivity index (χ2v) is 7.53. The molecule has 2 heterocycles. The highest BCUT2D eigenvalue weighted by molar-refractivity contribution is 7.99. The van der Waals surface area contributed by atoms with Crippen molar-refractivity contribution in [1.29, 1.82) is 0 Å². The van der Waals surface area contributed by atoms with E-state index < -0.39 is 0 Å². The lowest BCUT2D eigenvalue weighted by Gasteiger charge is -2.09. The third-order valence-electron chi connectivity index (χ3n) is 4.30. The summed E-state index contributed by atoms with van der Waals surface area (Å²) < 4.78 is 7.22. The second kappa shape index (κ2) is 8.45. The van der Waals surface area contributed by atoms with Gasteiger partial charge in [-0.15, -0.1) is 10.2 Å². The van der Waals surface area contributed by atoms with Gasteiger partial charge in [-0.25, -0.2) is 0 Å². The van der Waals surface area contributed by atoms with Gasteiger partial charge in [0.05, 0.1) is 18.7 Å². The Bertz CT molecular complexity index is 1230. The van der Waals surface area contributed by atoms with E-state index in [1.54, 1.807) is 24.9 Å². The maximum absolute atomic E-state index is 8.62. The second-order valence-electron chi connectivity index (χ2n) is 6.04. The highest BCUT2D eigenvalue weighted by atomic mass is 35.5. The van der Waals surface area contributed by atoms with Gasteiger partial charge in [-0.3, -0.25) is 4.40 Å². The third-order valence-corrected chi connectivity index (χ3v) is 5.79. The van der Waals surface area contributed by atoms with Crippen molar-refractivity contribution in [3.05, 3.63) is 81.8 Å². The van der Waals surface area contributed by atoms with E-state index in [0.29, 0.717) is 28.8 Å². The maximum Gasteiger partial charge on any atom is 0.170 e. The zero-order chi connectivity index (χ0) is 20.2. The van der Waals surface area contributed by atoms with Gasteiger partial charge in [0, 0.05) is 26.5 Å². The Labute approximate surface area is 175 Å². The number of benzene rings is 2. The van der Waals surface area contributed by atoms with Gasteiger partial charge in [0.25, 0.3) is 0 Å². The van der Waals surface area contributed by atoms with Gasteiger partial charge in [-0.2, -0.15) is 0 Å². The van der Waals surface area contributed by atoms with Crippen molar-refractivity contribution < 1.29 is 4.74 Å². The molecule has 0 radical (unpaired) electrons. The van der Waals surface area contributed by atoms with Crippen LogP contribution in [0.15, 0.2) is 75.7 Å². The first-order valence-corrected chi connectivity index (χ1v) is 9.85. The van der Waals surface area contributed by atoms with Gasteiger partial charge < -0.3 is 4.74 Å². The SMILES string of the molecule is COc1cccc(-c2nnc3ccc(Sc4ccccc4CN=[N+]=[N-])cn23)c1Cl. The van der Waals surface area contributed by atoms with Crippen LogP contribution in [0.3, 0.4) is 0 Å². The number of fused-ring (bicyclic) bond motifs is 1. The first-order chi connectivity index (χ1) is 14.2. The minimum absolute atomic E-state index is 0.305. The smallest absolute Gasteiger partial charge is 0.170 e. The molecule has 4 aromatic rings. The van der Waals surface area contributed by atoms with Crippen LogP contribution in [0, 0.1) is 0 Å². The number of hydrogen-bond donors (Lipinski definition) is 0. The molecule has 0 spiro atoms. The molecule has 0 aliphatic carbocycles. The molecule has 0 atom stereocenters. The molecule has 29 heavy (non-hydrogen) atoms. The van der Waals surface area contributed by atoms with Gasteiger partial charge in [0.2, 0.25) is 0 Å². The molecule has 0 bridgehead atoms. The minimum atomic E-state index is 0.305. The largest absolute Gasteiger partial charge is 0.495 e. The molecule has 0 saturated heterocycles. The molecule has 2 aromatic carbocycles. The summed E-state index contributed by atoms with van der Waals surface area (Å²) >= 11 is 8.07. The van der Waals surface area contributed by atoms with Crippen molar-refractivity contribution in [2.45, 2.75) is 16.3 Å². The average Bonchev–Trinajstić information content (AvgIpc) is 3.16. The Morgan fingerprint density at radius 3 is 2.83 bits per heavy atom. The van der Waals surface area contributed by atoms with Crippen LogP contribution in [0.4, 0.5) is 0 Å². The predicted molar refractivity (Wildman–Crippen MR) is 113 cm³/mol. The summed E-state index contributed by atoms with van der Waals surface area (Å²) in [6.07, 6.45) is 1.97. The van der Waals surface area contributed by atoms with Crippen molar-refractivity contribution in [3.63, 3.8) is 0 Å². The van der Waals surface area contributed by atoms with E-state index >= 15 is 0 Å². The summed E-state index contributed by atoms with van der Waals surface area (Å²) in [4.78, 5) is 4.87. The van der Waals surface area contributed by atoms with Gasteiger partial charge in [-0.1, -0.05) is 52.7 Å². The number of rotatable bonds is 6. The number of aromatic nitrogens is 3. The van der Waals surface area contributed by atoms with Crippen LogP contribution in [0.2, 0.25) is 5.02 Å². The molecule has 4 rings (SSSR count). The number of hydrogen-bond acceptors (Lipinski definition) is 5. The minimum Gasteiger partial charge on any atom is -0.495 e. The van der Waals surface area contributed by atoms with Gasteiger partial charge in [-0.05, 0) is 41.4 Å². The number of pyridine rings is 1. The fourth-order valence-corrected chi connectivity index (χ4v) is 4.17. The number of methoxy groups -OCH3 is 1. The van der Waals surface area contributed by atoms with E-state index in [0.717, 1.165) is 20.9 Å². The monoisotopic (exact) mass is 422 g/mol. The normalized spacial score (nSPS) is 10.7. The van der Waals surface area contributed by atoms with Crippen molar-refractivity contribution in [2.75, 3.05) is 7.11 Å². The summed E-state index contributed by atoms with van der Waals surface area (Å²) in [5.41, 5.74) is 11.0. The van der Waals surface area contributed by atoms with Crippen LogP contribution in [-0.2, 0) is 6.54 Å². The Morgan fingerprint density at radius 2 is 2.00 bits per heavy atom. The molecule has 0 unspecified atom stereocenters. The molecule has 0 N–H and O–H groups in total. The van der Waals surface area contributed by atoms with Crippen molar-refractivity contribution in [3.8, 4) is 17.1 Å². The number of halogens is 1. The summed E-state index contributed by atoms with van der Waals surface area (Å²) in [5.74, 6) is 1.21. The van der Waals surface area contributed by atoms with E-state index in [4.69, 9.17) is 21.9 Å². The molecular weight excluding hydrogens is 408 g/mol. The van der Waals surface area contributed by atoms with Crippen LogP contribution < -0.4 is 4.74 Å². The summed E-state index contributed by atoms with van der Waals surface area (Å²) in [7, 11) is 1.58. The highest BCUT2D eigenvalue weighted by Crippen LogP contribution is 2.36. The van der Waals surface area contributed by atoms with E-state index in [2.05, 4.69) is 20.2 Å². The molecule has 0 amide bonds. The standard InChI is InChI=1S/C20H15ClN6OS/c1-28-16-7-4-6-15(19(16)21)20-25-24-18-10-9-14(12-27(18)20)29-17-8-3-2-5-13(17)11-23-26-22/h2-10,12H,11H2,1H3. The summed E-state index contributed by atoms with van der Waals surface area (Å²) in [6, 6.07) is 17.3. The van der Waals surface area contributed by atoms with Crippen molar-refractivity contribution in [1.82, 2.24) is 14.6 Å². The van der Waals surface area contributed by atoms with E-state index in [-0.39, 0.29) is 0 Å². The van der Waals surface area contributed by atoms with E-state index in [9.17, 15) is 0 Å². The van der Waals surface area contributed by atoms with Crippen LogP contribution in [0.1, 0.15) is 5.56 Å². The molecular formula is C20H15ClN6OS. The fraction of sp³-hybridized carbons (Fsp3) is 0.100. The summed E-state index contributed by atoms with van der Waals surface area (Å²) in [6.45, 7) is 0.305. The summed E-state index contributed by atoms with van der Waals surface area (Å²) in [5, 5.41) is 12.7. The molecule has 0 aliphatic rings. The molecule has 0 aliphatic heterocycles. The number of ether oxygens (including phenoxy) is 1. The molecule has 144 valence electrons. The first kappa shape index (κ1) is 19.1. The average molecular weight is 423 g/mol. The van der Waals surface area contributed by atoms with Gasteiger partial charge >= 0.3 is 0 Å². The Hall–Kier alpha value is -3.19. The van der Waals surface area contributed by atoms with Crippen molar-refractivity contribution in [2.24, 2.45) is 5.11 Å². The van der Waals surface area contributed by atoms with Crippen molar-refractivity contribution >= 4 is 29.0 Å². The van der Waals surface area contributed by atoms with Gasteiger partial charge in [0.15, 0.2) is 11.5 Å². The maximum atomic E-state index is 8.62. The lowest BCUT2D eigenvalue weighted by atomic mass is 10.2. The third kappa shape index (κ3) is 3.86. The topological polar surface area (TPSA) is 88.2 Å². The van der Waals surface area contributed by atoms with Crippen LogP contribution >= 0.6 is 23.4 Å². The molecule has 7 nitrogen and oxygen atoms in total. The Morgan fingerprint density at radius 1 is 1.14 bits per heavy atom. The van der Waals surface area contributed by atoms with Crippen LogP contribution in [-0.4, -0.2) is 21.7 Å². The Kier molecular flexibility index (Phi) is 5.57. The fourth-order valence-electron chi connectivity index (χ4n) is 2.93. The van der Waals surface area contributed by atoms with Gasteiger partial charge in [0.1, 0.15) is 5.75 Å². The number of nitrogens with zero attached hydrogens (tertiary/aromatic N) is 6. The lowest BCUT2D eigenvalue weighted by Crippen LogP contribution is -1.93. The first-order valence-electron chi connectivity index (χ1n) is 8.65. The molecule has 0 fully saturated rings. The molecule has 2 aromatic heterocycles. The predicted octanol–water partition coefficient (Wildman–Crippen LogP) is 6.02. The zero-order valence-electron chi connectivity index (χ0n) is 15.4. The zero-order valence-corrected chi connectivity index (χ0v) is 16.9. The van der Waals surface area contributed by atoms with E-state index in [1.807, 2.05) is 59.1 Å². The quantitative estimate of drug-likeness (QED) is 0.216. The Balaban J connectivity index is 1.75. The van der Waals surface area contributed by atoms with E-state index in [1.165, 1.54) is 0 Å². The highest BCUT2D eigenvalue weighted by Gasteiger charge is 2.15. The lowest BCUT2D eigenvalue weighted by molar-refractivity contribution is 0.415. The van der Waals surface area contributed by atoms with Crippen LogP contribution in [0.5, 0.6) is 5.75 Å². The molecule has 0 saturated carbocycles. The molecule has 9 heteroatoms. The van der Waals surface area contributed by atoms with Crippen LogP contribution in [0.25, 0.3) is 27.5 Å².